The minimum Gasteiger partial charge on any atom is -0.442 e. The van der Waals surface area contributed by atoms with Crippen LogP contribution >= 0.6 is 0 Å². The van der Waals surface area contributed by atoms with E-state index in [9.17, 15) is 18.0 Å². The van der Waals surface area contributed by atoms with Gasteiger partial charge in [0.05, 0.1) is 31.9 Å². The Morgan fingerprint density at radius 1 is 1.13 bits per heavy atom. The van der Waals surface area contributed by atoms with Crippen molar-refractivity contribution in [3.8, 4) is 0 Å². The number of hydrogen-bond donors (Lipinski definition) is 0. The number of rotatable bonds is 3. The summed E-state index contributed by atoms with van der Waals surface area (Å²) in [5, 5.41) is 0. The summed E-state index contributed by atoms with van der Waals surface area (Å²) >= 11 is 0. The Kier molecular flexibility index (Phi) is 4.59. The first-order valence-corrected chi connectivity index (χ1v) is 9.99. The summed E-state index contributed by atoms with van der Waals surface area (Å²) in [5.41, 5.74) is 0.794. The van der Waals surface area contributed by atoms with E-state index >= 15 is 0 Å². The van der Waals surface area contributed by atoms with E-state index in [1.54, 1.807) is 9.80 Å². The number of amides is 1. The maximum atomic E-state index is 12.8. The number of alkyl halides is 3. The van der Waals surface area contributed by atoms with Crippen molar-refractivity contribution >= 4 is 17.7 Å². The third kappa shape index (κ3) is 3.70. The van der Waals surface area contributed by atoms with E-state index in [0.29, 0.717) is 18.9 Å². The molecule has 0 aromatic carbocycles. The first-order chi connectivity index (χ1) is 14.8. The Balaban J connectivity index is 1.19. The molecular weight excluding hydrogens is 415 g/mol. The second kappa shape index (κ2) is 7.20. The van der Waals surface area contributed by atoms with E-state index in [-0.39, 0.29) is 18.9 Å². The van der Waals surface area contributed by atoms with Gasteiger partial charge in [-0.1, -0.05) is 0 Å². The standard InChI is InChI=1S/C19H20F3N7O2/c1-11-25-14-9-29(8-13(14)17(26-11)27-3-2-4-27)18(30)31-12-6-28(7-12)16-5-15(19(20,21)22)23-10-24-16/h5,10,12H,2-4,6-9H2,1H3. The molecule has 0 spiro atoms. The van der Waals surface area contributed by atoms with Gasteiger partial charge >= 0.3 is 12.3 Å². The number of anilines is 2. The normalized spacial score (nSPS) is 18.5. The van der Waals surface area contributed by atoms with E-state index in [1.165, 1.54) is 0 Å². The van der Waals surface area contributed by atoms with E-state index in [0.717, 1.165) is 49.0 Å². The number of fused-ring (bicyclic) bond motifs is 1. The Morgan fingerprint density at radius 2 is 1.90 bits per heavy atom. The first kappa shape index (κ1) is 19.8. The highest BCUT2D eigenvalue weighted by molar-refractivity contribution is 5.70. The van der Waals surface area contributed by atoms with Gasteiger partial charge in [-0.2, -0.15) is 13.2 Å². The van der Waals surface area contributed by atoms with Crippen LogP contribution in [-0.4, -0.2) is 63.2 Å². The predicted molar refractivity (Wildman–Crippen MR) is 102 cm³/mol. The van der Waals surface area contributed by atoms with Gasteiger partial charge in [-0.05, 0) is 13.3 Å². The van der Waals surface area contributed by atoms with Gasteiger partial charge in [0.2, 0.25) is 0 Å². The van der Waals surface area contributed by atoms with Crippen molar-refractivity contribution in [1.29, 1.82) is 0 Å². The fourth-order valence-corrected chi connectivity index (χ4v) is 3.87. The highest BCUT2D eigenvalue weighted by Crippen LogP contribution is 2.33. The van der Waals surface area contributed by atoms with Gasteiger partial charge in [0.15, 0.2) is 0 Å². The summed E-state index contributed by atoms with van der Waals surface area (Å²) in [6.07, 6.45) is -3.40. The van der Waals surface area contributed by atoms with Crippen molar-refractivity contribution in [2.24, 2.45) is 0 Å². The molecule has 12 heteroatoms. The number of halogens is 3. The first-order valence-electron chi connectivity index (χ1n) is 9.99. The number of hydrogen-bond acceptors (Lipinski definition) is 8. The van der Waals surface area contributed by atoms with Crippen molar-refractivity contribution in [3.63, 3.8) is 0 Å². The second-order valence-electron chi connectivity index (χ2n) is 7.89. The Morgan fingerprint density at radius 3 is 2.58 bits per heavy atom. The number of ether oxygens (including phenoxy) is 1. The molecule has 0 unspecified atom stereocenters. The molecule has 164 valence electrons. The van der Waals surface area contributed by atoms with Gasteiger partial charge in [0.25, 0.3) is 0 Å². The average molecular weight is 435 g/mol. The molecule has 0 N–H and O–H groups in total. The van der Waals surface area contributed by atoms with Crippen LogP contribution < -0.4 is 9.80 Å². The summed E-state index contributed by atoms with van der Waals surface area (Å²) in [7, 11) is 0. The number of carbonyl (C=O) groups is 1. The zero-order valence-electron chi connectivity index (χ0n) is 16.8. The van der Waals surface area contributed by atoms with Gasteiger partial charge in [0, 0.05) is 24.7 Å². The quantitative estimate of drug-likeness (QED) is 0.725. The predicted octanol–water partition coefficient (Wildman–Crippen LogP) is 2.14. The van der Waals surface area contributed by atoms with Crippen LogP contribution in [-0.2, 0) is 24.0 Å². The van der Waals surface area contributed by atoms with Crippen LogP contribution in [0.1, 0.15) is 29.2 Å². The maximum absolute atomic E-state index is 12.8. The molecule has 0 radical (unpaired) electrons. The highest BCUT2D eigenvalue weighted by atomic mass is 19.4. The second-order valence-corrected chi connectivity index (χ2v) is 7.89. The number of aryl methyl sites for hydroxylation is 1. The molecule has 2 saturated heterocycles. The van der Waals surface area contributed by atoms with Crippen molar-refractivity contribution < 1.29 is 22.7 Å². The molecule has 3 aliphatic rings. The average Bonchev–Trinajstić information content (AvgIpc) is 3.06. The molecular formula is C19H20F3N7O2. The van der Waals surface area contributed by atoms with Crippen molar-refractivity contribution in [3.05, 3.63) is 35.2 Å². The van der Waals surface area contributed by atoms with E-state index in [4.69, 9.17) is 4.74 Å². The number of aromatic nitrogens is 4. The lowest BCUT2D eigenvalue weighted by Crippen LogP contribution is -2.54. The lowest BCUT2D eigenvalue weighted by atomic mass is 10.1. The van der Waals surface area contributed by atoms with Gasteiger partial charge in [-0.15, -0.1) is 0 Å². The topological polar surface area (TPSA) is 87.6 Å². The summed E-state index contributed by atoms with van der Waals surface area (Å²) in [6, 6.07) is 0.896. The van der Waals surface area contributed by atoms with Crippen LogP contribution in [0.4, 0.5) is 29.6 Å². The van der Waals surface area contributed by atoms with Crippen LogP contribution in [0, 0.1) is 6.92 Å². The smallest absolute Gasteiger partial charge is 0.433 e. The zero-order valence-corrected chi connectivity index (χ0v) is 16.8. The molecule has 2 aromatic heterocycles. The van der Waals surface area contributed by atoms with Gasteiger partial charge in [-0.3, -0.25) is 4.90 Å². The van der Waals surface area contributed by atoms with Crippen molar-refractivity contribution in [2.75, 3.05) is 36.0 Å². The molecule has 9 nitrogen and oxygen atoms in total. The van der Waals surface area contributed by atoms with E-state index in [2.05, 4.69) is 24.8 Å². The summed E-state index contributed by atoms with van der Waals surface area (Å²) in [4.78, 5) is 34.2. The third-order valence-electron chi connectivity index (χ3n) is 5.67. The van der Waals surface area contributed by atoms with Crippen LogP contribution in [0.5, 0.6) is 0 Å². The summed E-state index contributed by atoms with van der Waals surface area (Å²) in [5.74, 6) is 1.73. The van der Waals surface area contributed by atoms with Crippen LogP contribution in [0.25, 0.3) is 0 Å². The van der Waals surface area contributed by atoms with E-state index in [1.807, 2.05) is 6.92 Å². The molecule has 1 amide bonds. The Bertz CT molecular complexity index is 1020. The molecule has 31 heavy (non-hydrogen) atoms. The lowest BCUT2D eigenvalue weighted by Gasteiger charge is -2.39. The minimum absolute atomic E-state index is 0.160. The highest BCUT2D eigenvalue weighted by Gasteiger charge is 2.38. The number of carbonyl (C=O) groups excluding carboxylic acids is 1. The fraction of sp³-hybridized carbons (Fsp3) is 0.526. The summed E-state index contributed by atoms with van der Waals surface area (Å²) in [6.45, 7) is 5.03. The molecule has 2 fully saturated rings. The third-order valence-corrected chi connectivity index (χ3v) is 5.67. The van der Waals surface area contributed by atoms with Gasteiger partial charge in [-0.25, -0.2) is 24.7 Å². The number of nitrogens with zero attached hydrogens (tertiary/aromatic N) is 7. The Hall–Kier alpha value is -3.18. The Labute approximate surface area is 175 Å². The molecule has 3 aliphatic heterocycles. The van der Waals surface area contributed by atoms with Crippen molar-refractivity contribution in [1.82, 2.24) is 24.8 Å². The van der Waals surface area contributed by atoms with Crippen molar-refractivity contribution in [2.45, 2.75) is 38.7 Å². The van der Waals surface area contributed by atoms with Crippen LogP contribution in [0.3, 0.4) is 0 Å². The maximum Gasteiger partial charge on any atom is 0.433 e. The van der Waals surface area contributed by atoms with Gasteiger partial charge < -0.3 is 14.5 Å². The monoisotopic (exact) mass is 435 g/mol. The molecule has 0 aliphatic carbocycles. The molecule has 0 bridgehead atoms. The molecule has 5 rings (SSSR count). The van der Waals surface area contributed by atoms with E-state index < -0.39 is 24.1 Å². The lowest BCUT2D eigenvalue weighted by molar-refractivity contribution is -0.141. The zero-order chi connectivity index (χ0) is 21.8. The SMILES string of the molecule is Cc1nc2c(c(N3CCC3)n1)CN(C(=O)OC1CN(c3cc(C(F)(F)F)ncn3)C1)C2. The fourth-order valence-electron chi connectivity index (χ4n) is 3.87. The molecule has 0 atom stereocenters. The molecule has 0 saturated carbocycles. The largest absolute Gasteiger partial charge is 0.442 e. The van der Waals surface area contributed by atoms with Crippen LogP contribution in [0.15, 0.2) is 12.4 Å². The molecule has 2 aromatic rings. The van der Waals surface area contributed by atoms with Gasteiger partial charge in [0.1, 0.15) is 35.6 Å². The minimum atomic E-state index is -4.53. The summed E-state index contributed by atoms with van der Waals surface area (Å²) < 4.78 is 44.0. The molecule has 5 heterocycles. The van der Waals surface area contributed by atoms with Crippen LogP contribution in [0.2, 0.25) is 0 Å².